The molecular formula is C18H20N4O. The van der Waals surface area contributed by atoms with Gasteiger partial charge < -0.3 is 9.30 Å². The molecule has 3 aromatic heterocycles. The van der Waals surface area contributed by atoms with E-state index in [1.165, 1.54) is 5.56 Å². The zero-order chi connectivity index (χ0) is 16.1. The van der Waals surface area contributed by atoms with E-state index in [-0.39, 0.29) is 6.10 Å². The fourth-order valence-electron chi connectivity index (χ4n) is 2.42. The molecule has 0 spiro atoms. The second-order valence-corrected chi connectivity index (χ2v) is 5.43. The number of hydrogen-bond donors (Lipinski definition) is 0. The molecule has 0 aliphatic heterocycles. The van der Waals surface area contributed by atoms with Crippen molar-refractivity contribution in [3.05, 3.63) is 60.8 Å². The maximum absolute atomic E-state index is 5.88. The molecular weight excluding hydrogens is 288 g/mol. The minimum Gasteiger partial charge on any atom is -0.487 e. The average Bonchev–Trinajstić information content (AvgIpc) is 3.03. The van der Waals surface area contributed by atoms with Crippen LogP contribution in [0.3, 0.4) is 0 Å². The van der Waals surface area contributed by atoms with Crippen LogP contribution in [0.4, 0.5) is 0 Å². The lowest BCUT2D eigenvalue weighted by molar-refractivity contribution is 0.199. The Hall–Kier alpha value is -2.69. The van der Waals surface area contributed by atoms with Crippen molar-refractivity contribution in [3.63, 3.8) is 0 Å². The highest BCUT2D eigenvalue weighted by atomic mass is 16.5. The van der Waals surface area contributed by atoms with Gasteiger partial charge in [-0.3, -0.25) is 9.97 Å². The molecule has 0 radical (unpaired) electrons. The first kappa shape index (κ1) is 15.2. The van der Waals surface area contributed by atoms with Gasteiger partial charge in [0.1, 0.15) is 17.5 Å². The summed E-state index contributed by atoms with van der Waals surface area (Å²) in [6.07, 6.45) is 10.1. The first-order valence-corrected chi connectivity index (χ1v) is 7.79. The Morgan fingerprint density at radius 2 is 2.04 bits per heavy atom. The second-order valence-electron chi connectivity index (χ2n) is 5.43. The molecule has 0 saturated heterocycles. The molecule has 3 heterocycles. The lowest BCUT2D eigenvalue weighted by Crippen LogP contribution is -2.20. The maximum atomic E-state index is 5.88. The minimum atomic E-state index is 0.00191. The van der Waals surface area contributed by atoms with Crippen LogP contribution < -0.4 is 4.74 Å². The van der Waals surface area contributed by atoms with Gasteiger partial charge in [-0.1, -0.05) is 13.0 Å². The Kier molecular flexibility index (Phi) is 4.66. The molecule has 3 aromatic rings. The summed E-state index contributed by atoms with van der Waals surface area (Å²) in [4.78, 5) is 13.0. The number of hydrogen-bond acceptors (Lipinski definition) is 4. The zero-order valence-corrected chi connectivity index (χ0v) is 13.4. The Bertz CT molecular complexity index is 737. The molecule has 118 valence electrons. The van der Waals surface area contributed by atoms with Crippen LogP contribution in [-0.4, -0.2) is 25.6 Å². The molecule has 1 atom stereocenters. The molecule has 0 aliphatic rings. The molecule has 0 amide bonds. The molecule has 0 saturated carbocycles. The molecule has 0 aromatic carbocycles. The highest BCUT2D eigenvalue weighted by Gasteiger charge is 2.11. The van der Waals surface area contributed by atoms with E-state index in [1.807, 2.05) is 37.5 Å². The van der Waals surface area contributed by atoms with Crippen molar-refractivity contribution in [1.29, 1.82) is 0 Å². The van der Waals surface area contributed by atoms with Gasteiger partial charge in [-0.2, -0.15) is 0 Å². The third-order valence-electron chi connectivity index (χ3n) is 3.60. The van der Waals surface area contributed by atoms with Crippen molar-refractivity contribution in [1.82, 2.24) is 19.5 Å². The summed E-state index contributed by atoms with van der Waals surface area (Å²) in [5.41, 5.74) is 2.10. The van der Waals surface area contributed by atoms with Gasteiger partial charge in [0.05, 0.1) is 12.7 Å². The van der Waals surface area contributed by atoms with Crippen molar-refractivity contribution < 1.29 is 4.74 Å². The average molecular weight is 308 g/mol. The zero-order valence-electron chi connectivity index (χ0n) is 13.4. The van der Waals surface area contributed by atoms with Crippen molar-refractivity contribution in [2.45, 2.75) is 32.9 Å². The van der Waals surface area contributed by atoms with Crippen molar-refractivity contribution >= 4 is 0 Å². The summed E-state index contributed by atoms with van der Waals surface area (Å²) < 4.78 is 7.95. The number of rotatable bonds is 6. The SMILES string of the molecule is CCc1ccc(-c2nccn2C[C@@H](C)Oc2cccnc2)nc1. The quantitative estimate of drug-likeness (QED) is 0.700. The van der Waals surface area contributed by atoms with Gasteiger partial charge in [-0.15, -0.1) is 0 Å². The molecule has 5 heteroatoms. The Morgan fingerprint density at radius 1 is 1.13 bits per heavy atom. The van der Waals surface area contributed by atoms with Crippen LogP contribution in [0.15, 0.2) is 55.2 Å². The van der Waals surface area contributed by atoms with Gasteiger partial charge in [-0.05, 0) is 37.1 Å². The highest BCUT2D eigenvalue weighted by Crippen LogP contribution is 2.17. The van der Waals surface area contributed by atoms with Crippen LogP contribution in [-0.2, 0) is 13.0 Å². The van der Waals surface area contributed by atoms with Crippen LogP contribution in [0, 0.1) is 0 Å². The predicted molar refractivity (Wildman–Crippen MR) is 89.2 cm³/mol. The molecule has 23 heavy (non-hydrogen) atoms. The van der Waals surface area contributed by atoms with Crippen LogP contribution in [0.1, 0.15) is 19.4 Å². The minimum absolute atomic E-state index is 0.00191. The summed E-state index contributed by atoms with van der Waals surface area (Å²) in [6.45, 7) is 4.85. The fraction of sp³-hybridized carbons (Fsp3) is 0.278. The number of nitrogens with zero attached hydrogens (tertiary/aromatic N) is 4. The van der Waals surface area contributed by atoms with Crippen molar-refractivity contribution in [2.75, 3.05) is 0 Å². The van der Waals surface area contributed by atoms with Crippen LogP contribution in [0.25, 0.3) is 11.5 Å². The van der Waals surface area contributed by atoms with E-state index in [9.17, 15) is 0 Å². The van der Waals surface area contributed by atoms with E-state index >= 15 is 0 Å². The van der Waals surface area contributed by atoms with Crippen molar-refractivity contribution in [3.8, 4) is 17.3 Å². The van der Waals surface area contributed by atoms with E-state index in [0.717, 1.165) is 23.7 Å². The van der Waals surface area contributed by atoms with Gasteiger partial charge in [0, 0.05) is 24.8 Å². The molecule has 0 unspecified atom stereocenters. The Labute approximate surface area is 136 Å². The van der Waals surface area contributed by atoms with Crippen LogP contribution in [0.2, 0.25) is 0 Å². The third kappa shape index (κ3) is 3.74. The topological polar surface area (TPSA) is 52.8 Å². The van der Waals surface area contributed by atoms with Crippen molar-refractivity contribution in [2.24, 2.45) is 0 Å². The van der Waals surface area contributed by atoms with E-state index < -0.39 is 0 Å². The second kappa shape index (κ2) is 7.05. The maximum Gasteiger partial charge on any atom is 0.158 e. The standard InChI is InChI=1S/C18H20N4O/c1-3-15-6-7-17(21-11-15)18-20-9-10-22(18)13-14(2)23-16-5-4-8-19-12-16/h4-12,14H,3,13H2,1-2H3/t14-/m1/s1. The van der Waals surface area contributed by atoms with E-state index in [1.54, 1.807) is 18.6 Å². The molecule has 3 rings (SSSR count). The van der Waals surface area contributed by atoms with Crippen LogP contribution >= 0.6 is 0 Å². The monoisotopic (exact) mass is 308 g/mol. The third-order valence-corrected chi connectivity index (χ3v) is 3.60. The number of aromatic nitrogens is 4. The Morgan fingerprint density at radius 3 is 2.74 bits per heavy atom. The first-order valence-electron chi connectivity index (χ1n) is 7.79. The number of imidazole rings is 1. The molecule has 0 bridgehead atoms. The largest absolute Gasteiger partial charge is 0.487 e. The van der Waals surface area contributed by atoms with E-state index in [0.29, 0.717) is 6.54 Å². The van der Waals surface area contributed by atoms with Gasteiger partial charge in [0.25, 0.3) is 0 Å². The summed E-state index contributed by atoms with van der Waals surface area (Å²) >= 11 is 0. The van der Waals surface area contributed by atoms with Gasteiger partial charge in [-0.25, -0.2) is 4.98 Å². The molecule has 0 N–H and O–H groups in total. The molecule has 0 aliphatic carbocycles. The summed E-state index contributed by atoms with van der Waals surface area (Å²) in [5.74, 6) is 1.63. The predicted octanol–water partition coefficient (Wildman–Crippen LogP) is 3.37. The molecule has 5 nitrogen and oxygen atoms in total. The fourth-order valence-corrected chi connectivity index (χ4v) is 2.42. The number of ether oxygens (including phenoxy) is 1. The van der Waals surface area contributed by atoms with E-state index in [2.05, 4.69) is 32.5 Å². The van der Waals surface area contributed by atoms with Gasteiger partial charge >= 0.3 is 0 Å². The lowest BCUT2D eigenvalue weighted by Gasteiger charge is -2.16. The lowest BCUT2D eigenvalue weighted by atomic mass is 10.2. The summed E-state index contributed by atoms with van der Waals surface area (Å²) in [7, 11) is 0. The number of aryl methyl sites for hydroxylation is 1. The normalized spacial score (nSPS) is 12.1. The summed E-state index contributed by atoms with van der Waals surface area (Å²) in [6, 6.07) is 7.88. The Balaban J connectivity index is 1.72. The van der Waals surface area contributed by atoms with Crippen LogP contribution in [0.5, 0.6) is 5.75 Å². The van der Waals surface area contributed by atoms with Gasteiger partial charge in [0.15, 0.2) is 5.82 Å². The number of pyridine rings is 2. The summed E-state index contributed by atoms with van der Waals surface area (Å²) in [5, 5.41) is 0. The smallest absolute Gasteiger partial charge is 0.158 e. The first-order chi connectivity index (χ1) is 11.3. The molecule has 0 fully saturated rings. The van der Waals surface area contributed by atoms with Gasteiger partial charge in [0.2, 0.25) is 0 Å². The highest BCUT2D eigenvalue weighted by molar-refractivity contribution is 5.49. The van der Waals surface area contributed by atoms with E-state index in [4.69, 9.17) is 4.74 Å².